The summed E-state index contributed by atoms with van der Waals surface area (Å²) < 4.78 is 6.12. The van der Waals surface area contributed by atoms with Crippen molar-refractivity contribution in [2.75, 3.05) is 19.1 Å². The van der Waals surface area contributed by atoms with Crippen molar-refractivity contribution in [3.8, 4) is 17.0 Å². The molecule has 2 aromatic rings. The van der Waals surface area contributed by atoms with Crippen LogP contribution in [0.5, 0.6) is 5.75 Å². The number of nitrogens with zero attached hydrogens (tertiary/aromatic N) is 2. The van der Waals surface area contributed by atoms with Crippen molar-refractivity contribution in [1.82, 2.24) is 15.1 Å². The zero-order chi connectivity index (χ0) is 19.8. The second kappa shape index (κ2) is 9.77. The predicted octanol–water partition coefficient (Wildman–Crippen LogP) is 1.24. The number of methoxy groups -OCH3 is 1. The number of hydrogen-bond acceptors (Lipinski definition) is 6. The first-order valence-electron chi connectivity index (χ1n) is 8.18. The number of aliphatic carboxylic acids is 1. The van der Waals surface area contributed by atoms with E-state index in [1.165, 1.54) is 17.8 Å². The van der Waals surface area contributed by atoms with Gasteiger partial charge in [0.1, 0.15) is 18.3 Å². The topological polar surface area (TPSA) is 111 Å². The van der Waals surface area contributed by atoms with Gasteiger partial charge in [0.05, 0.1) is 12.8 Å². The Morgan fingerprint density at radius 2 is 1.96 bits per heavy atom. The summed E-state index contributed by atoms with van der Waals surface area (Å²) in [6.07, 6.45) is 2.16. The van der Waals surface area contributed by atoms with E-state index >= 15 is 0 Å². The molecule has 0 radical (unpaired) electrons. The first-order chi connectivity index (χ1) is 12.9. The number of carbonyl (C=O) groups is 2. The third-order valence-electron chi connectivity index (χ3n) is 3.79. The van der Waals surface area contributed by atoms with Crippen LogP contribution >= 0.6 is 11.8 Å². The Kier molecular flexibility index (Phi) is 7.42. The minimum atomic E-state index is -1.11. The van der Waals surface area contributed by atoms with Gasteiger partial charge in [-0.1, -0.05) is 0 Å². The van der Waals surface area contributed by atoms with Crippen LogP contribution in [0.3, 0.4) is 0 Å². The Morgan fingerprint density at radius 1 is 1.26 bits per heavy atom. The minimum absolute atomic E-state index is 0.302. The minimum Gasteiger partial charge on any atom is -0.497 e. The van der Waals surface area contributed by atoms with Crippen LogP contribution in [0.25, 0.3) is 11.3 Å². The highest BCUT2D eigenvalue weighted by molar-refractivity contribution is 7.98. The Balaban J connectivity index is 2.14. The maximum atomic E-state index is 12.2. The lowest BCUT2D eigenvalue weighted by atomic mass is 10.1. The molecule has 1 heterocycles. The largest absolute Gasteiger partial charge is 0.497 e. The first kappa shape index (κ1) is 20.5. The molecule has 0 aliphatic rings. The molecule has 1 amide bonds. The molecule has 0 aliphatic heterocycles. The highest BCUT2D eigenvalue weighted by atomic mass is 32.2. The van der Waals surface area contributed by atoms with Crippen LogP contribution in [0.4, 0.5) is 0 Å². The van der Waals surface area contributed by atoms with Gasteiger partial charge < -0.3 is 15.2 Å². The van der Waals surface area contributed by atoms with Crippen LogP contribution in [0.1, 0.15) is 6.42 Å². The summed E-state index contributed by atoms with van der Waals surface area (Å²) in [6.45, 7) is -0.355. The molecule has 0 fully saturated rings. The number of carboxylic acids is 1. The van der Waals surface area contributed by atoms with Crippen molar-refractivity contribution in [3.05, 3.63) is 46.8 Å². The average molecular weight is 391 g/mol. The van der Waals surface area contributed by atoms with E-state index in [1.807, 2.05) is 6.26 Å². The maximum Gasteiger partial charge on any atom is 0.326 e. The third-order valence-corrected chi connectivity index (χ3v) is 4.43. The normalized spacial score (nSPS) is 11.6. The first-order valence-corrected chi connectivity index (χ1v) is 9.57. The van der Waals surface area contributed by atoms with Gasteiger partial charge in [-0.2, -0.15) is 16.9 Å². The van der Waals surface area contributed by atoms with Gasteiger partial charge >= 0.3 is 5.97 Å². The van der Waals surface area contributed by atoms with Crippen LogP contribution in [0.2, 0.25) is 0 Å². The number of aromatic nitrogens is 2. The Morgan fingerprint density at radius 3 is 2.56 bits per heavy atom. The fourth-order valence-corrected chi connectivity index (χ4v) is 2.82. The standard InChI is InChI=1S/C18H21N3O5S/c1-26-13-5-3-12(4-6-13)14-7-8-17(23)21(20-14)11-16(22)19-15(18(24)25)9-10-27-2/h3-8,15H,9-11H2,1-2H3,(H,19,22)(H,24,25)/t15-/m0/s1. The molecule has 1 aromatic heterocycles. The lowest BCUT2D eigenvalue weighted by Crippen LogP contribution is -2.44. The van der Waals surface area contributed by atoms with Crippen LogP contribution in [-0.2, 0) is 16.1 Å². The van der Waals surface area contributed by atoms with Gasteiger partial charge in [0, 0.05) is 11.6 Å². The van der Waals surface area contributed by atoms with E-state index < -0.39 is 23.5 Å². The van der Waals surface area contributed by atoms with Crippen LogP contribution < -0.4 is 15.6 Å². The molecule has 0 aliphatic carbocycles. The monoisotopic (exact) mass is 391 g/mol. The highest BCUT2D eigenvalue weighted by Crippen LogP contribution is 2.19. The van der Waals surface area contributed by atoms with Crippen molar-refractivity contribution >= 4 is 23.6 Å². The number of nitrogens with one attached hydrogen (secondary N) is 1. The molecule has 144 valence electrons. The summed E-state index contributed by atoms with van der Waals surface area (Å²) in [5, 5.41) is 15.8. The molecule has 1 atom stereocenters. The number of hydrogen-bond donors (Lipinski definition) is 2. The summed E-state index contributed by atoms with van der Waals surface area (Å²) in [7, 11) is 1.57. The summed E-state index contributed by atoms with van der Waals surface area (Å²) in [5.74, 6) is -0.395. The quantitative estimate of drug-likeness (QED) is 0.662. The van der Waals surface area contributed by atoms with Gasteiger partial charge in [-0.25, -0.2) is 9.48 Å². The Hall–Kier alpha value is -2.81. The summed E-state index contributed by atoms with van der Waals surface area (Å²) in [5.41, 5.74) is 0.828. The molecular formula is C18H21N3O5S. The number of carboxylic acid groups (broad SMARTS) is 1. The van der Waals surface area contributed by atoms with Crippen molar-refractivity contribution in [2.45, 2.75) is 19.0 Å². The van der Waals surface area contributed by atoms with Crippen molar-refractivity contribution in [3.63, 3.8) is 0 Å². The van der Waals surface area contributed by atoms with Gasteiger partial charge in [0.15, 0.2) is 0 Å². The molecule has 1 aromatic carbocycles. The average Bonchev–Trinajstić information content (AvgIpc) is 2.66. The molecule has 0 spiro atoms. The van der Waals surface area contributed by atoms with E-state index in [4.69, 9.17) is 4.74 Å². The lowest BCUT2D eigenvalue weighted by Gasteiger charge is -2.14. The highest BCUT2D eigenvalue weighted by Gasteiger charge is 2.20. The molecule has 2 N–H and O–H groups in total. The van der Waals surface area contributed by atoms with Gasteiger partial charge in [-0.05, 0) is 48.8 Å². The molecule has 0 saturated heterocycles. The molecule has 2 rings (SSSR count). The van der Waals surface area contributed by atoms with Gasteiger partial charge in [-0.3, -0.25) is 9.59 Å². The van der Waals surface area contributed by atoms with E-state index in [9.17, 15) is 19.5 Å². The van der Waals surface area contributed by atoms with Gasteiger partial charge in [0.25, 0.3) is 5.56 Å². The van der Waals surface area contributed by atoms with Gasteiger partial charge in [-0.15, -0.1) is 0 Å². The molecule has 0 saturated carbocycles. The fourth-order valence-electron chi connectivity index (χ4n) is 2.35. The molecule has 0 unspecified atom stereocenters. The molecule has 0 bridgehead atoms. The number of thioether (sulfide) groups is 1. The summed E-state index contributed by atoms with van der Waals surface area (Å²) in [6, 6.07) is 9.01. The smallest absolute Gasteiger partial charge is 0.326 e. The lowest BCUT2D eigenvalue weighted by molar-refractivity contribution is -0.142. The zero-order valence-electron chi connectivity index (χ0n) is 15.0. The van der Waals surface area contributed by atoms with Crippen molar-refractivity contribution in [2.24, 2.45) is 0 Å². The number of ether oxygens (including phenoxy) is 1. The Bertz CT molecular complexity index is 851. The van der Waals surface area contributed by atoms with Crippen LogP contribution in [0, 0.1) is 0 Å². The predicted molar refractivity (Wildman–Crippen MR) is 103 cm³/mol. The van der Waals surface area contributed by atoms with Crippen molar-refractivity contribution < 1.29 is 19.4 Å². The number of carbonyl (C=O) groups excluding carboxylic acids is 1. The second-order valence-electron chi connectivity index (χ2n) is 5.68. The van der Waals surface area contributed by atoms with E-state index in [-0.39, 0.29) is 6.54 Å². The summed E-state index contributed by atoms with van der Waals surface area (Å²) >= 11 is 1.49. The van der Waals surface area contributed by atoms with E-state index in [2.05, 4.69) is 10.4 Å². The second-order valence-corrected chi connectivity index (χ2v) is 6.67. The summed E-state index contributed by atoms with van der Waals surface area (Å²) in [4.78, 5) is 35.4. The third kappa shape index (κ3) is 5.85. The number of benzene rings is 1. The molecular weight excluding hydrogens is 370 g/mol. The van der Waals surface area contributed by atoms with Gasteiger partial charge in [0.2, 0.25) is 5.91 Å². The van der Waals surface area contributed by atoms with Crippen LogP contribution in [-0.4, -0.2) is 51.9 Å². The van der Waals surface area contributed by atoms with Crippen LogP contribution in [0.15, 0.2) is 41.2 Å². The molecule has 9 heteroatoms. The number of rotatable bonds is 9. The number of amides is 1. The van der Waals surface area contributed by atoms with E-state index in [0.29, 0.717) is 23.6 Å². The van der Waals surface area contributed by atoms with Crippen molar-refractivity contribution in [1.29, 1.82) is 0 Å². The zero-order valence-corrected chi connectivity index (χ0v) is 15.9. The van der Waals surface area contributed by atoms with E-state index in [0.717, 1.165) is 10.2 Å². The molecule has 8 nitrogen and oxygen atoms in total. The maximum absolute atomic E-state index is 12.2. The van der Waals surface area contributed by atoms with E-state index in [1.54, 1.807) is 37.4 Å². The fraction of sp³-hybridized carbons (Fsp3) is 0.333. The Labute approximate surface area is 160 Å². The molecule has 27 heavy (non-hydrogen) atoms. The SMILES string of the molecule is COc1ccc(-c2ccc(=O)n(CC(=O)N[C@@H](CCSC)C(=O)O)n2)cc1.